The van der Waals surface area contributed by atoms with Crippen LogP contribution in [-0.4, -0.2) is 15.3 Å². The van der Waals surface area contributed by atoms with Gasteiger partial charge in [0.25, 0.3) is 0 Å². The standard InChI is InChI=1S/C11H10N2O4/c14-8-2-1-3-9(5-8)17-6-7-4-10(15)11(16)13-12-7/h1-5,14H,6H2,(H,12,15)(H,13,16). The molecule has 6 heteroatoms. The Balaban J connectivity index is 2.10. The third-order valence-electron chi connectivity index (χ3n) is 2.08. The largest absolute Gasteiger partial charge is 0.508 e. The molecule has 0 bridgehead atoms. The Bertz CT molecular complexity index is 630. The van der Waals surface area contributed by atoms with Crippen LogP contribution in [0.15, 0.2) is 39.9 Å². The molecule has 1 aromatic carbocycles. The number of benzene rings is 1. The molecule has 0 amide bonds. The van der Waals surface area contributed by atoms with Crippen molar-refractivity contribution in [3.63, 3.8) is 0 Å². The van der Waals surface area contributed by atoms with Gasteiger partial charge in [-0.2, -0.15) is 0 Å². The minimum absolute atomic E-state index is 0.0927. The number of hydrogen-bond acceptors (Lipinski definition) is 4. The summed E-state index contributed by atoms with van der Waals surface area (Å²) in [6.45, 7) is 0.0927. The van der Waals surface area contributed by atoms with Crippen molar-refractivity contribution in [1.82, 2.24) is 10.2 Å². The Kier molecular flexibility index (Phi) is 2.95. The third kappa shape index (κ3) is 2.75. The zero-order valence-electron chi connectivity index (χ0n) is 8.77. The van der Waals surface area contributed by atoms with Crippen LogP contribution in [0.1, 0.15) is 5.69 Å². The lowest BCUT2D eigenvalue weighted by Gasteiger charge is -2.05. The van der Waals surface area contributed by atoms with E-state index >= 15 is 0 Å². The third-order valence-corrected chi connectivity index (χ3v) is 2.08. The summed E-state index contributed by atoms with van der Waals surface area (Å²) in [6, 6.07) is 7.45. The van der Waals surface area contributed by atoms with E-state index in [1.54, 1.807) is 12.1 Å². The van der Waals surface area contributed by atoms with Gasteiger partial charge in [0.15, 0.2) is 0 Å². The molecule has 0 radical (unpaired) electrons. The van der Waals surface area contributed by atoms with Gasteiger partial charge < -0.3 is 9.84 Å². The molecule has 88 valence electrons. The second-order valence-electron chi connectivity index (χ2n) is 3.40. The number of hydrogen-bond donors (Lipinski definition) is 3. The Hall–Kier alpha value is -2.50. The summed E-state index contributed by atoms with van der Waals surface area (Å²) in [7, 11) is 0. The van der Waals surface area contributed by atoms with E-state index in [1.807, 2.05) is 0 Å². The van der Waals surface area contributed by atoms with Crippen LogP contribution in [0.2, 0.25) is 0 Å². The molecule has 0 unspecified atom stereocenters. The minimum atomic E-state index is -0.703. The van der Waals surface area contributed by atoms with Gasteiger partial charge in [0.1, 0.15) is 18.1 Å². The Morgan fingerprint density at radius 1 is 1.18 bits per heavy atom. The molecule has 0 fully saturated rings. The molecule has 0 aliphatic carbocycles. The Morgan fingerprint density at radius 2 is 2.00 bits per heavy atom. The van der Waals surface area contributed by atoms with Crippen LogP contribution in [0.3, 0.4) is 0 Å². The smallest absolute Gasteiger partial charge is 0.310 e. The van der Waals surface area contributed by atoms with E-state index in [2.05, 4.69) is 10.2 Å². The first-order valence-corrected chi connectivity index (χ1v) is 4.88. The lowest BCUT2D eigenvalue weighted by Crippen LogP contribution is -2.28. The minimum Gasteiger partial charge on any atom is -0.508 e. The van der Waals surface area contributed by atoms with Gasteiger partial charge in [-0.3, -0.25) is 19.8 Å². The summed E-state index contributed by atoms with van der Waals surface area (Å²) < 4.78 is 5.32. The van der Waals surface area contributed by atoms with Gasteiger partial charge in [-0.05, 0) is 12.1 Å². The molecule has 0 atom stereocenters. The summed E-state index contributed by atoms with van der Waals surface area (Å²) in [5.41, 5.74) is -0.887. The van der Waals surface area contributed by atoms with Crippen molar-refractivity contribution in [1.29, 1.82) is 0 Å². The highest BCUT2D eigenvalue weighted by atomic mass is 16.5. The van der Waals surface area contributed by atoms with Gasteiger partial charge in [0.2, 0.25) is 5.43 Å². The quantitative estimate of drug-likeness (QED) is 0.667. The molecular formula is C11H10N2O4. The topological polar surface area (TPSA) is 95.2 Å². The molecule has 2 rings (SSSR count). The van der Waals surface area contributed by atoms with E-state index in [4.69, 9.17) is 4.74 Å². The van der Waals surface area contributed by atoms with E-state index in [-0.39, 0.29) is 12.4 Å². The average molecular weight is 234 g/mol. The van der Waals surface area contributed by atoms with E-state index in [9.17, 15) is 14.7 Å². The van der Waals surface area contributed by atoms with Crippen LogP contribution in [0, 0.1) is 0 Å². The summed E-state index contributed by atoms with van der Waals surface area (Å²) >= 11 is 0. The number of aromatic hydroxyl groups is 1. The molecule has 2 aromatic rings. The summed E-state index contributed by atoms with van der Waals surface area (Å²) in [6.07, 6.45) is 0. The highest BCUT2D eigenvalue weighted by Crippen LogP contribution is 2.18. The van der Waals surface area contributed by atoms with Crippen LogP contribution < -0.4 is 15.7 Å². The normalized spacial score (nSPS) is 10.1. The number of phenols is 1. The predicted molar refractivity (Wildman–Crippen MR) is 60.1 cm³/mol. The van der Waals surface area contributed by atoms with Crippen molar-refractivity contribution in [3.05, 3.63) is 56.6 Å². The number of H-pyrrole nitrogens is 2. The van der Waals surface area contributed by atoms with Crippen molar-refractivity contribution >= 4 is 0 Å². The Labute approximate surface area is 95.5 Å². The number of rotatable bonds is 3. The molecule has 0 spiro atoms. The maximum atomic E-state index is 11.0. The summed E-state index contributed by atoms with van der Waals surface area (Å²) in [5, 5.41) is 13.9. The second-order valence-corrected chi connectivity index (χ2v) is 3.40. The lowest BCUT2D eigenvalue weighted by atomic mass is 10.3. The fourth-order valence-electron chi connectivity index (χ4n) is 1.27. The number of ether oxygens (including phenoxy) is 1. The molecule has 0 saturated heterocycles. The highest BCUT2D eigenvalue weighted by Gasteiger charge is 2.00. The molecule has 0 aliphatic heterocycles. The van der Waals surface area contributed by atoms with Gasteiger partial charge in [-0.15, -0.1) is 0 Å². The molecule has 1 heterocycles. The van der Waals surface area contributed by atoms with E-state index < -0.39 is 11.0 Å². The Morgan fingerprint density at radius 3 is 2.71 bits per heavy atom. The van der Waals surface area contributed by atoms with E-state index in [0.29, 0.717) is 11.4 Å². The number of nitrogens with one attached hydrogen (secondary N) is 2. The first-order chi connectivity index (χ1) is 8.15. The molecule has 17 heavy (non-hydrogen) atoms. The molecule has 0 aliphatic rings. The van der Waals surface area contributed by atoms with Crippen molar-refractivity contribution in [2.24, 2.45) is 0 Å². The van der Waals surface area contributed by atoms with Crippen molar-refractivity contribution in [2.75, 3.05) is 0 Å². The van der Waals surface area contributed by atoms with Crippen LogP contribution >= 0.6 is 0 Å². The number of aromatic nitrogens is 2. The molecule has 0 saturated carbocycles. The molecule has 6 nitrogen and oxygen atoms in total. The van der Waals surface area contributed by atoms with Gasteiger partial charge >= 0.3 is 5.56 Å². The van der Waals surface area contributed by atoms with E-state index in [0.717, 1.165) is 0 Å². The maximum absolute atomic E-state index is 11.0. The van der Waals surface area contributed by atoms with Crippen LogP contribution in [0.25, 0.3) is 0 Å². The summed E-state index contributed by atoms with van der Waals surface area (Å²) in [5.74, 6) is 0.564. The second kappa shape index (κ2) is 4.56. The van der Waals surface area contributed by atoms with Crippen LogP contribution in [-0.2, 0) is 6.61 Å². The average Bonchev–Trinajstić information content (AvgIpc) is 2.31. The monoisotopic (exact) mass is 234 g/mol. The van der Waals surface area contributed by atoms with Gasteiger partial charge in [-0.1, -0.05) is 6.07 Å². The van der Waals surface area contributed by atoms with Gasteiger partial charge in [0, 0.05) is 12.1 Å². The molecule has 3 N–H and O–H groups in total. The zero-order chi connectivity index (χ0) is 12.3. The van der Waals surface area contributed by atoms with Gasteiger partial charge in [0.05, 0.1) is 5.69 Å². The molecular weight excluding hydrogens is 224 g/mol. The predicted octanol–water partition coefficient (Wildman–Crippen LogP) is 0.348. The van der Waals surface area contributed by atoms with Gasteiger partial charge in [-0.25, -0.2) is 0 Å². The van der Waals surface area contributed by atoms with Crippen LogP contribution in [0.5, 0.6) is 11.5 Å². The zero-order valence-corrected chi connectivity index (χ0v) is 8.77. The number of phenolic OH excluding ortho intramolecular Hbond substituents is 1. The van der Waals surface area contributed by atoms with Crippen molar-refractivity contribution in [3.8, 4) is 11.5 Å². The van der Waals surface area contributed by atoms with Crippen molar-refractivity contribution in [2.45, 2.75) is 6.61 Å². The number of aromatic amines is 2. The first kappa shape index (κ1) is 11.0. The SMILES string of the molecule is O=c1cc(COc2cccc(O)c2)[nH][nH]c1=O. The van der Waals surface area contributed by atoms with E-state index in [1.165, 1.54) is 18.2 Å². The van der Waals surface area contributed by atoms with Crippen LogP contribution in [0.4, 0.5) is 0 Å². The highest BCUT2D eigenvalue weighted by molar-refractivity contribution is 5.31. The molecule has 1 aromatic heterocycles. The fraction of sp³-hybridized carbons (Fsp3) is 0.0909. The summed E-state index contributed by atoms with van der Waals surface area (Å²) in [4.78, 5) is 21.9. The van der Waals surface area contributed by atoms with Crippen molar-refractivity contribution < 1.29 is 9.84 Å². The maximum Gasteiger partial charge on any atom is 0.310 e. The first-order valence-electron chi connectivity index (χ1n) is 4.88. The fourth-order valence-corrected chi connectivity index (χ4v) is 1.27. The lowest BCUT2D eigenvalue weighted by molar-refractivity contribution is 0.298.